The second-order valence-corrected chi connectivity index (χ2v) is 6.88. The predicted molar refractivity (Wildman–Crippen MR) is 74.9 cm³/mol. The predicted octanol–water partition coefficient (Wildman–Crippen LogP) is -0.0996. The first-order valence-electron chi connectivity index (χ1n) is 6.72. The largest absolute Gasteiger partial charge is 0.378 e. The Bertz CT molecular complexity index is 543. The topological polar surface area (TPSA) is 76.5 Å². The fourth-order valence-electron chi connectivity index (χ4n) is 2.42. The van der Waals surface area contributed by atoms with Crippen molar-refractivity contribution in [1.82, 2.24) is 19.4 Å². The average Bonchev–Trinajstić information content (AvgIpc) is 2.96. The SMILES string of the molecule is CCCn1cc(S(=O)(=O)N[C@H]2CN(C)C[C@@H]2OC)cn1. The molecule has 1 fully saturated rings. The number of aromatic nitrogens is 2. The lowest BCUT2D eigenvalue weighted by atomic mass is 10.2. The number of methoxy groups -OCH3 is 1. The molecule has 0 aliphatic carbocycles. The molecule has 0 aromatic carbocycles. The summed E-state index contributed by atoms with van der Waals surface area (Å²) in [5.41, 5.74) is 0. The first kappa shape index (κ1) is 15.4. The van der Waals surface area contributed by atoms with E-state index in [1.807, 2.05) is 18.9 Å². The number of nitrogens with one attached hydrogen (secondary N) is 1. The molecule has 1 aromatic rings. The highest BCUT2D eigenvalue weighted by Crippen LogP contribution is 2.15. The fourth-order valence-corrected chi connectivity index (χ4v) is 3.62. The van der Waals surface area contributed by atoms with Gasteiger partial charge in [0.25, 0.3) is 0 Å². The van der Waals surface area contributed by atoms with E-state index in [4.69, 9.17) is 4.74 Å². The van der Waals surface area contributed by atoms with Gasteiger partial charge in [-0.05, 0) is 13.5 Å². The molecule has 0 bridgehead atoms. The summed E-state index contributed by atoms with van der Waals surface area (Å²) in [6.45, 7) is 4.09. The standard InChI is InChI=1S/C12H22N4O3S/c1-4-5-16-7-10(6-13-16)20(17,18)14-11-8-15(2)9-12(11)19-3/h6-7,11-12,14H,4-5,8-9H2,1-3H3/t11-,12-/m0/s1. The monoisotopic (exact) mass is 302 g/mol. The molecule has 0 unspecified atom stereocenters. The van der Waals surface area contributed by atoms with Gasteiger partial charge >= 0.3 is 0 Å². The van der Waals surface area contributed by atoms with Gasteiger partial charge in [-0.2, -0.15) is 5.10 Å². The van der Waals surface area contributed by atoms with E-state index in [0.29, 0.717) is 13.1 Å². The third-order valence-electron chi connectivity index (χ3n) is 3.43. The third-order valence-corrected chi connectivity index (χ3v) is 4.88. The quantitative estimate of drug-likeness (QED) is 0.794. The molecule has 2 atom stereocenters. The molecule has 0 radical (unpaired) electrons. The van der Waals surface area contributed by atoms with Gasteiger partial charge in [0.05, 0.1) is 18.3 Å². The Labute approximate surface area is 120 Å². The second-order valence-electron chi connectivity index (χ2n) is 5.16. The summed E-state index contributed by atoms with van der Waals surface area (Å²) in [5, 5.41) is 4.06. The van der Waals surface area contributed by atoms with Gasteiger partial charge in [-0.1, -0.05) is 6.92 Å². The van der Waals surface area contributed by atoms with Gasteiger partial charge in [-0.3, -0.25) is 4.68 Å². The maximum Gasteiger partial charge on any atom is 0.244 e. The Morgan fingerprint density at radius 2 is 2.25 bits per heavy atom. The third kappa shape index (κ3) is 3.38. The molecule has 1 saturated heterocycles. The van der Waals surface area contributed by atoms with Crippen LogP contribution in [0.2, 0.25) is 0 Å². The minimum atomic E-state index is -3.55. The Balaban J connectivity index is 2.10. The number of likely N-dealkylation sites (N-methyl/N-ethyl adjacent to an activating group) is 1. The van der Waals surface area contributed by atoms with Gasteiger partial charge in [-0.25, -0.2) is 13.1 Å². The van der Waals surface area contributed by atoms with E-state index in [9.17, 15) is 8.42 Å². The molecule has 2 rings (SSSR count). The number of hydrogen-bond donors (Lipinski definition) is 1. The highest BCUT2D eigenvalue weighted by Gasteiger charge is 2.34. The van der Waals surface area contributed by atoms with E-state index in [1.54, 1.807) is 18.0 Å². The number of sulfonamides is 1. The molecule has 0 saturated carbocycles. The summed E-state index contributed by atoms with van der Waals surface area (Å²) >= 11 is 0. The smallest absolute Gasteiger partial charge is 0.244 e. The van der Waals surface area contributed by atoms with E-state index in [2.05, 4.69) is 9.82 Å². The summed E-state index contributed by atoms with van der Waals surface area (Å²) in [6.07, 6.45) is 3.74. The summed E-state index contributed by atoms with van der Waals surface area (Å²) in [4.78, 5) is 2.25. The first-order valence-corrected chi connectivity index (χ1v) is 8.20. The van der Waals surface area contributed by atoms with E-state index < -0.39 is 10.0 Å². The van der Waals surface area contributed by atoms with Crippen molar-refractivity contribution in [3.63, 3.8) is 0 Å². The second kappa shape index (κ2) is 6.21. The van der Waals surface area contributed by atoms with Crippen LogP contribution in [0.5, 0.6) is 0 Å². The lowest BCUT2D eigenvalue weighted by Crippen LogP contribution is -2.43. The molecule has 1 aliphatic rings. The Kier molecular flexibility index (Phi) is 4.79. The van der Waals surface area contributed by atoms with Crippen molar-refractivity contribution in [3.05, 3.63) is 12.4 Å². The van der Waals surface area contributed by atoms with Crippen molar-refractivity contribution in [3.8, 4) is 0 Å². The number of aryl methyl sites for hydroxylation is 1. The highest BCUT2D eigenvalue weighted by molar-refractivity contribution is 7.89. The number of likely N-dealkylation sites (tertiary alicyclic amines) is 1. The van der Waals surface area contributed by atoms with Crippen LogP contribution < -0.4 is 4.72 Å². The van der Waals surface area contributed by atoms with Crippen molar-refractivity contribution < 1.29 is 13.2 Å². The van der Waals surface area contributed by atoms with Crippen LogP contribution in [-0.2, 0) is 21.3 Å². The molecule has 20 heavy (non-hydrogen) atoms. The lowest BCUT2D eigenvalue weighted by molar-refractivity contribution is 0.0969. The van der Waals surface area contributed by atoms with E-state index in [-0.39, 0.29) is 17.0 Å². The van der Waals surface area contributed by atoms with Crippen LogP contribution in [0.1, 0.15) is 13.3 Å². The fraction of sp³-hybridized carbons (Fsp3) is 0.750. The molecule has 114 valence electrons. The van der Waals surface area contributed by atoms with Crippen LogP contribution in [-0.4, -0.2) is 62.5 Å². The molecule has 1 aromatic heterocycles. The molecular formula is C12H22N4O3S. The number of rotatable bonds is 6. The average molecular weight is 302 g/mol. The van der Waals surface area contributed by atoms with E-state index in [0.717, 1.165) is 13.0 Å². The number of ether oxygens (including phenoxy) is 1. The van der Waals surface area contributed by atoms with Crippen LogP contribution >= 0.6 is 0 Å². The van der Waals surface area contributed by atoms with Crippen LogP contribution in [0, 0.1) is 0 Å². The van der Waals surface area contributed by atoms with Gasteiger partial charge in [0.2, 0.25) is 10.0 Å². The summed E-state index contributed by atoms with van der Waals surface area (Å²) in [5.74, 6) is 0. The van der Waals surface area contributed by atoms with Crippen LogP contribution in [0.4, 0.5) is 0 Å². The van der Waals surface area contributed by atoms with Crippen molar-refractivity contribution >= 4 is 10.0 Å². The van der Waals surface area contributed by atoms with Gasteiger partial charge in [0.1, 0.15) is 4.90 Å². The Hall–Kier alpha value is -0.960. The zero-order chi connectivity index (χ0) is 14.8. The maximum absolute atomic E-state index is 12.3. The number of nitrogens with zero attached hydrogens (tertiary/aromatic N) is 3. The Morgan fingerprint density at radius 1 is 1.50 bits per heavy atom. The Morgan fingerprint density at radius 3 is 2.90 bits per heavy atom. The van der Waals surface area contributed by atoms with Gasteiger partial charge in [-0.15, -0.1) is 0 Å². The van der Waals surface area contributed by atoms with E-state index in [1.165, 1.54) is 6.20 Å². The number of hydrogen-bond acceptors (Lipinski definition) is 5. The summed E-state index contributed by atoms with van der Waals surface area (Å²) in [6, 6.07) is -0.232. The molecule has 8 heteroatoms. The normalized spacial score (nSPS) is 24.4. The zero-order valence-electron chi connectivity index (χ0n) is 12.1. The molecule has 7 nitrogen and oxygen atoms in total. The zero-order valence-corrected chi connectivity index (χ0v) is 12.9. The molecule has 0 spiro atoms. The molecular weight excluding hydrogens is 280 g/mol. The first-order chi connectivity index (χ1) is 9.46. The van der Waals surface area contributed by atoms with Crippen LogP contribution in [0.25, 0.3) is 0 Å². The summed E-state index contributed by atoms with van der Waals surface area (Å²) < 4.78 is 34.4. The summed E-state index contributed by atoms with van der Waals surface area (Å²) in [7, 11) is -0.00198. The van der Waals surface area contributed by atoms with Crippen molar-refractivity contribution in [2.24, 2.45) is 0 Å². The molecule has 2 heterocycles. The van der Waals surface area contributed by atoms with Crippen molar-refractivity contribution in [2.75, 3.05) is 27.2 Å². The highest BCUT2D eigenvalue weighted by atomic mass is 32.2. The van der Waals surface area contributed by atoms with Gasteiger partial charge in [0, 0.05) is 32.9 Å². The molecule has 1 aliphatic heterocycles. The lowest BCUT2D eigenvalue weighted by Gasteiger charge is -2.17. The minimum Gasteiger partial charge on any atom is -0.378 e. The van der Waals surface area contributed by atoms with Crippen molar-refractivity contribution in [1.29, 1.82) is 0 Å². The molecule has 1 N–H and O–H groups in total. The maximum atomic E-state index is 12.3. The van der Waals surface area contributed by atoms with Crippen molar-refractivity contribution in [2.45, 2.75) is 36.9 Å². The molecule has 0 amide bonds. The van der Waals surface area contributed by atoms with E-state index >= 15 is 0 Å². The minimum absolute atomic E-state index is 0.125. The van der Waals surface area contributed by atoms with Gasteiger partial charge in [0.15, 0.2) is 0 Å². The van der Waals surface area contributed by atoms with Gasteiger partial charge < -0.3 is 9.64 Å². The van der Waals surface area contributed by atoms with Crippen LogP contribution in [0.3, 0.4) is 0 Å². The van der Waals surface area contributed by atoms with Crippen LogP contribution in [0.15, 0.2) is 17.3 Å².